The molecule has 3 aliphatic rings. The topological polar surface area (TPSA) is 134 Å². The standard InChI is InChI=1S/C18H25N7O4S/c1-8-13-12(9(2)25-21-7-20-22-25)17(27)24(13)14(18(28)29)15(8)30-10-5-11(19-6-10)16(26)23(3)4/h7-13,19H,5-6H2,1-4H3,(H,28,29)/t8-,9-,10?,11+,12-,13-/m1/s1. The molecule has 12 heteroatoms. The van der Waals surface area contributed by atoms with Gasteiger partial charge in [-0.15, -0.1) is 22.0 Å². The largest absolute Gasteiger partial charge is 0.477 e. The first-order valence-electron chi connectivity index (χ1n) is 9.86. The number of carbonyl (C=O) groups is 3. The van der Waals surface area contributed by atoms with Crippen LogP contribution in [0.25, 0.3) is 0 Å². The van der Waals surface area contributed by atoms with Gasteiger partial charge in [0.25, 0.3) is 0 Å². The van der Waals surface area contributed by atoms with Gasteiger partial charge in [0.2, 0.25) is 11.8 Å². The van der Waals surface area contributed by atoms with E-state index in [-0.39, 0.29) is 46.8 Å². The van der Waals surface area contributed by atoms with E-state index < -0.39 is 11.9 Å². The molecule has 30 heavy (non-hydrogen) atoms. The van der Waals surface area contributed by atoms with E-state index in [0.717, 1.165) is 0 Å². The number of hydrogen-bond donors (Lipinski definition) is 2. The number of aromatic nitrogens is 4. The van der Waals surface area contributed by atoms with Gasteiger partial charge in [0, 0.05) is 36.7 Å². The Balaban J connectivity index is 1.53. The summed E-state index contributed by atoms with van der Waals surface area (Å²) in [7, 11) is 3.44. The van der Waals surface area contributed by atoms with Crippen LogP contribution in [0.15, 0.2) is 16.9 Å². The smallest absolute Gasteiger partial charge is 0.353 e. The van der Waals surface area contributed by atoms with Crippen LogP contribution in [0.3, 0.4) is 0 Å². The number of hydrogen-bond acceptors (Lipinski definition) is 8. The third-order valence-electron chi connectivity index (χ3n) is 6.16. The van der Waals surface area contributed by atoms with Crippen molar-refractivity contribution in [1.82, 2.24) is 35.3 Å². The second-order valence-electron chi connectivity index (χ2n) is 8.20. The average molecular weight is 436 g/mol. The van der Waals surface area contributed by atoms with Crippen molar-refractivity contribution in [2.45, 2.75) is 43.6 Å². The Labute approximate surface area is 177 Å². The average Bonchev–Trinajstić information content (AvgIpc) is 3.42. The lowest BCUT2D eigenvalue weighted by Gasteiger charge is -2.47. The first kappa shape index (κ1) is 20.8. The molecule has 2 N–H and O–H groups in total. The number of nitrogens with one attached hydrogen (secondary N) is 1. The minimum atomic E-state index is -1.10. The lowest BCUT2D eigenvalue weighted by Crippen LogP contribution is -2.62. The predicted molar refractivity (Wildman–Crippen MR) is 107 cm³/mol. The Bertz CT molecular complexity index is 902. The summed E-state index contributed by atoms with van der Waals surface area (Å²) in [6, 6.07) is -0.841. The fourth-order valence-electron chi connectivity index (χ4n) is 4.66. The van der Waals surface area contributed by atoms with Gasteiger partial charge in [0.05, 0.1) is 24.0 Å². The molecule has 4 heterocycles. The molecule has 3 aliphatic heterocycles. The van der Waals surface area contributed by atoms with Crippen molar-refractivity contribution in [2.75, 3.05) is 20.6 Å². The van der Waals surface area contributed by atoms with Crippen molar-refractivity contribution >= 4 is 29.5 Å². The normalized spacial score (nSPS) is 31.5. The van der Waals surface area contributed by atoms with Crippen LogP contribution in [0, 0.1) is 11.8 Å². The van der Waals surface area contributed by atoms with E-state index in [1.54, 1.807) is 19.0 Å². The number of likely N-dealkylation sites (N-methyl/N-ethyl adjacent to an activating group) is 1. The molecular weight excluding hydrogens is 410 g/mol. The Hall–Kier alpha value is -2.47. The number of thioether (sulfide) groups is 1. The van der Waals surface area contributed by atoms with Crippen molar-refractivity contribution in [3.8, 4) is 0 Å². The first-order chi connectivity index (χ1) is 14.2. The van der Waals surface area contributed by atoms with Crippen molar-refractivity contribution in [3.05, 3.63) is 16.9 Å². The van der Waals surface area contributed by atoms with E-state index in [0.29, 0.717) is 17.9 Å². The molecule has 1 aromatic heterocycles. The maximum absolute atomic E-state index is 12.9. The monoisotopic (exact) mass is 435 g/mol. The van der Waals surface area contributed by atoms with Gasteiger partial charge in [0.15, 0.2) is 6.33 Å². The van der Waals surface area contributed by atoms with Crippen LogP contribution < -0.4 is 5.32 Å². The molecule has 0 bridgehead atoms. The molecule has 1 unspecified atom stereocenters. The molecule has 2 amide bonds. The third kappa shape index (κ3) is 3.18. The van der Waals surface area contributed by atoms with E-state index in [2.05, 4.69) is 20.7 Å². The van der Waals surface area contributed by atoms with E-state index >= 15 is 0 Å². The molecular formula is C18H25N7O4S. The fourth-order valence-corrected chi connectivity index (χ4v) is 6.14. The van der Waals surface area contributed by atoms with Gasteiger partial charge < -0.3 is 20.2 Å². The van der Waals surface area contributed by atoms with Gasteiger partial charge in [-0.05, 0) is 18.6 Å². The number of β-lactam (4-membered cyclic amide) rings is 1. The maximum atomic E-state index is 12.9. The van der Waals surface area contributed by atoms with E-state index in [1.165, 1.54) is 27.8 Å². The molecule has 162 valence electrons. The van der Waals surface area contributed by atoms with E-state index in [9.17, 15) is 19.5 Å². The lowest BCUT2D eigenvalue weighted by molar-refractivity contribution is -0.159. The number of nitrogens with zero attached hydrogens (tertiary/aromatic N) is 6. The van der Waals surface area contributed by atoms with Crippen LogP contribution in [0.2, 0.25) is 0 Å². The second-order valence-corrected chi connectivity index (χ2v) is 9.54. The summed E-state index contributed by atoms with van der Waals surface area (Å²) in [5, 5.41) is 24.8. The van der Waals surface area contributed by atoms with E-state index in [1.807, 2.05) is 13.8 Å². The highest BCUT2D eigenvalue weighted by Gasteiger charge is 2.61. The first-order valence-corrected chi connectivity index (χ1v) is 10.7. The fraction of sp³-hybridized carbons (Fsp3) is 0.667. The molecule has 11 nitrogen and oxygen atoms in total. The number of carboxylic acids is 1. The minimum Gasteiger partial charge on any atom is -0.477 e. The van der Waals surface area contributed by atoms with Gasteiger partial charge in [-0.1, -0.05) is 6.92 Å². The SMILES string of the molecule is C[C@H]([C@H]1C(=O)N2C(C(=O)O)=C(SC3CN[C@H](C(=O)N(C)C)C3)[C@H](C)[C@H]12)n1ncnn1. The van der Waals surface area contributed by atoms with Gasteiger partial charge in [-0.25, -0.2) is 4.79 Å². The number of amides is 2. The summed E-state index contributed by atoms with van der Waals surface area (Å²) in [4.78, 5) is 42.3. The van der Waals surface area contributed by atoms with Crippen LogP contribution in [0.4, 0.5) is 0 Å². The molecule has 2 fully saturated rings. The zero-order valence-electron chi connectivity index (χ0n) is 17.2. The Morgan fingerprint density at radius 1 is 1.40 bits per heavy atom. The summed E-state index contributed by atoms with van der Waals surface area (Å²) in [5.74, 6) is -1.85. The molecule has 0 radical (unpaired) electrons. The molecule has 0 saturated carbocycles. The van der Waals surface area contributed by atoms with Gasteiger partial charge in [-0.2, -0.15) is 4.80 Å². The summed E-state index contributed by atoms with van der Waals surface area (Å²) < 4.78 is 0. The summed E-state index contributed by atoms with van der Waals surface area (Å²) >= 11 is 1.47. The van der Waals surface area contributed by atoms with Gasteiger partial charge in [-0.3, -0.25) is 9.59 Å². The van der Waals surface area contributed by atoms with Crippen molar-refractivity contribution in [1.29, 1.82) is 0 Å². The molecule has 4 rings (SSSR count). The number of rotatable bonds is 6. The molecule has 0 aliphatic carbocycles. The van der Waals surface area contributed by atoms with Crippen molar-refractivity contribution in [3.63, 3.8) is 0 Å². The number of fused-ring (bicyclic) bond motifs is 1. The number of aliphatic carboxylic acids is 1. The molecule has 0 spiro atoms. The highest BCUT2D eigenvalue weighted by Crippen LogP contribution is 2.53. The Morgan fingerprint density at radius 2 is 2.13 bits per heavy atom. The summed E-state index contributed by atoms with van der Waals surface area (Å²) in [6.07, 6.45) is 1.93. The van der Waals surface area contributed by atoms with Crippen LogP contribution in [0.5, 0.6) is 0 Å². The summed E-state index contributed by atoms with van der Waals surface area (Å²) in [5.41, 5.74) is 0.0693. The zero-order valence-corrected chi connectivity index (χ0v) is 18.0. The number of carboxylic acid groups (broad SMARTS) is 1. The quantitative estimate of drug-likeness (QED) is 0.570. The van der Waals surface area contributed by atoms with Crippen molar-refractivity contribution < 1.29 is 19.5 Å². The number of carbonyl (C=O) groups excluding carboxylic acids is 2. The minimum absolute atomic E-state index is 0.0122. The highest BCUT2D eigenvalue weighted by molar-refractivity contribution is 8.03. The third-order valence-corrected chi connectivity index (χ3v) is 7.67. The van der Waals surface area contributed by atoms with Crippen molar-refractivity contribution in [2.24, 2.45) is 11.8 Å². The van der Waals surface area contributed by atoms with Crippen LogP contribution in [-0.2, 0) is 14.4 Å². The van der Waals surface area contributed by atoms with Crippen LogP contribution >= 0.6 is 11.8 Å². The number of tetrazole rings is 1. The van der Waals surface area contributed by atoms with Gasteiger partial charge in [0.1, 0.15) is 5.70 Å². The Kier molecular flexibility index (Phi) is 5.30. The second kappa shape index (κ2) is 7.65. The molecule has 6 atom stereocenters. The van der Waals surface area contributed by atoms with Gasteiger partial charge >= 0.3 is 5.97 Å². The predicted octanol–water partition coefficient (Wildman–Crippen LogP) is -0.441. The summed E-state index contributed by atoms with van der Waals surface area (Å²) in [6.45, 7) is 4.42. The molecule has 1 aromatic rings. The highest BCUT2D eigenvalue weighted by atomic mass is 32.2. The Morgan fingerprint density at radius 3 is 2.73 bits per heavy atom. The van der Waals surface area contributed by atoms with Crippen LogP contribution in [-0.4, -0.2) is 90.9 Å². The lowest BCUT2D eigenvalue weighted by atomic mass is 9.78. The molecule has 2 saturated heterocycles. The van der Waals surface area contributed by atoms with E-state index in [4.69, 9.17) is 0 Å². The molecule has 0 aromatic carbocycles. The maximum Gasteiger partial charge on any atom is 0.353 e. The van der Waals surface area contributed by atoms with Crippen LogP contribution in [0.1, 0.15) is 26.3 Å². The zero-order chi connectivity index (χ0) is 21.7.